The van der Waals surface area contributed by atoms with Crippen molar-refractivity contribution in [3.8, 4) is 0 Å². The Bertz CT molecular complexity index is 491. The number of amides is 1. The second-order valence-corrected chi connectivity index (χ2v) is 8.41. The van der Waals surface area contributed by atoms with Crippen molar-refractivity contribution >= 4 is 15.9 Å². The molecule has 0 radical (unpaired) electrons. The van der Waals surface area contributed by atoms with Crippen molar-refractivity contribution in [3.05, 3.63) is 0 Å². The van der Waals surface area contributed by atoms with E-state index in [9.17, 15) is 13.2 Å². The first-order valence-electron chi connectivity index (χ1n) is 8.59. The summed E-state index contributed by atoms with van der Waals surface area (Å²) in [4.78, 5) is 16.4. The first kappa shape index (κ1) is 18.6. The lowest BCUT2D eigenvalue weighted by molar-refractivity contribution is -0.131. The van der Waals surface area contributed by atoms with Crippen molar-refractivity contribution in [1.29, 1.82) is 0 Å². The Hall–Kier alpha value is -0.700. The van der Waals surface area contributed by atoms with E-state index >= 15 is 0 Å². The Labute approximate surface area is 140 Å². The molecule has 0 aliphatic carbocycles. The molecule has 23 heavy (non-hydrogen) atoms. The molecular weight excluding hydrogens is 316 g/mol. The van der Waals surface area contributed by atoms with E-state index in [2.05, 4.69) is 17.1 Å². The molecule has 2 rings (SSSR count). The molecule has 0 saturated carbocycles. The number of likely N-dealkylation sites (N-methyl/N-ethyl adjacent to an activating group) is 1. The third kappa shape index (κ3) is 5.41. The molecule has 0 aromatic heterocycles. The molecule has 0 spiro atoms. The van der Waals surface area contributed by atoms with Gasteiger partial charge in [0, 0.05) is 51.7 Å². The van der Waals surface area contributed by atoms with Crippen LogP contribution in [0.25, 0.3) is 0 Å². The van der Waals surface area contributed by atoms with Gasteiger partial charge in [0.25, 0.3) is 0 Å². The van der Waals surface area contributed by atoms with Crippen molar-refractivity contribution in [1.82, 2.24) is 19.4 Å². The molecular formula is C15H30N4O3S. The number of nitrogens with one attached hydrogen (secondary N) is 1. The summed E-state index contributed by atoms with van der Waals surface area (Å²) in [6.07, 6.45) is 3.67. The van der Waals surface area contributed by atoms with Gasteiger partial charge in [-0.2, -0.15) is 0 Å². The molecule has 0 unspecified atom stereocenters. The topological polar surface area (TPSA) is 73.0 Å². The number of carbonyl (C=O) groups excluding carboxylic acids is 1. The van der Waals surface area contributed by atoms with Gasteiger partial charge < -0.3 is 10.2 Å². The maximum absolute atomic E-state index is 12.3. The first-order chi connectivity index (χ1) is 10.9. The number of nitrogens with zero attached hydrogens (tertiary/aromatic N) is 3. The van der Waals surface area contributed by atoms with Crippen molar-refractivity contribution in [2.45, 2.75) is 32.2 Å². The van der Waals surface area contributed by atoms with Gasteiger partial charge in [0.2, 0.25) is 15.9 Å². The van der Waals surface area contributed by atoms with Crippen LogP contribution in [0.4, 0.5) is 0 Å². The van der Waals surface area contributed by atoms with E-state index in [1.165, 1.54) is 10.6 Å². The second-order valence-electron chi connectivity index (χ2n) is 6.43. The molecule has 2 aliphatic rings. The van der Waals surface area contributed by atoms with Crippen LogP contribution in [0.5, 0.6) is 0 Å². The maximum Gasteiger partial charge on any atom is 0.223 e. The van der Waals surface area contributed by atoms with Crippen molar-refractivity contribution in [3.63, 3.8) is 0 Å². The van der Waals surface area contributed by atoms with Crippen LogP contribution >= 0.6 is 0 Å². The summed E-state index contributed by atoms with van der Waals surface area (Å²) in [6.45, 7) is 7.94. The number of hydrogen-bond donors (Lipinski definition) is 1. The lowest BCUT2D eigenvalue weighted by atomic mass is 10.2. The van der Waals surface area contributed by atoms with Gasteiger partial charge in [-0.1, -0.05) is 6.92 Å². The predicted molar refractivity (Wildman–Crippen MR) is 90.8 cm³/mol. The second kappa shape index (κ2) is 8.41. The lowest BCUT2D eigenvalue weighted by Crippen LogP contribution is -2.48. The molecule has 0 bridgehead atoms. The summed E-state index contributed by atoms with van der Waals surface area (Å²) in [7, 11) is -3.29. The molecule has 2 saturated heterocycles. The molecule has 2 heterocycles. The molecule has 0 aromatic carbocycles. The average molecular weight is 346 g/mol. The number of sulfonamides is 1. The average Bonchev–Trinajstić information content (AvgIpc) is 2.98. The summed E-state index contributed by atoms with van der Waals surface area (Å²) >= 11 is 0. The van der Waals surface area contributed by atoms with Crippen LogP contribution in [0.3, 0.4) is 0 Å². The highest BCUT2D eigenvalue weighted by atomic mass is 32.2. The Morgan fingerprint density at radius 3 is 2.57 bits per heavy atom. The Morgan fingerprint density at radius 1 is 1.26 bits per heavy atom. The minimum Gasteiger partial charge on any atom is -0.340 e. The predicted octanol–water partition coefficient (Wildman–Crippen LogP) is -0.446. The summed E-state index contributed by atoms with van der Waals surface area (Å²) in [5.74, 6) is 0.0546. The zero-order valence-electron chi connectivity index (χ0n) is 14.3. The number of likely N-dealkylation sites (tertiary alicyclic amines) is 1. The van der Waals surface area contributed by atoms with Gasteiger partial charge in [-0.25, -0.2) is 12.7 Å². The zero-order valence-corrected chi connectivity index (χ0v) is 15.1. The maximum atomic E-state index is 12.3. The van der Waals surface area contributed by atoms with E-state index in [-0.39, 0.29) is 24.9 Å². The summed E-state index contributed by atoms with van der Waals surface area (Å²) < 4.78 is 25.6. The summed E-state index contributed by atoms with van der Waals surface area (Å²) in [5, 5.41) is 3.21. The van der Waals surface area contributed by atoms with E-state index in [4.69, 9.17) is 0 Å². The molecule has 2 fully saturated rings. The molecule has 2 aliphatic heterocycles. The molecule has 0 aromatic rings. The molecule has 8 heteroatoms. The summed E-state index contributed by atoms with van der Waals surface area (Å²) in [5.41, 5.74) is 0. The van der Waals surface area contributed by atoms with E-state index in [0.717, 1.165) is 39.0 Å². The number of carbonyl (C=O) groups is 1. The van der Waals surface area contributed by atoms with E-state index in [0.29, 0.717) is 19.6 Å². The highest BCUT2D eigenvalue weighted by molar-refractivity contribution is 7.88. The van der Waals surface area contributed by atoms with Crippen LogP contribution in [-0.4, -0.2) is 93.1 Å². The number of hydrogen-bond acceptors (Lipinski definition) is 5. The van der Waals surface area contributed by atoms with E-state index in [1.54, 1.807) is 0 Å². The molecule has 1 amide bonds. The van der Waals surface area contributed by atoms with Gasteiger partial charge in [-0.3, -0.25) is 9.69 Å². The Kier molecular flexibility index (Phi) is 6.82. The third-order valence-corrected chi connectivity index (χ3v) is 6.10. The third-order valence-electron chi connectivity index (χ3n) is 4.83. The minimum absolute atomic E-state index is 0.0546. The van der Waals surface area contributed by atoms with Crippen LogP contribution in [0.2, 0.25) is 0 Å². The van der Waals surface area contributed by atoms with Gasteiger partial charge in [-0.05, 0) is 25.9 Å². The van der Waals surface area contributed by atoms with Crippen molar-refractivity contribution in [2.24, 2.45) is 0 Å². The standard InChI is InChI=1S/C15H30N4O3S/c1-3-17-9-4-5-14(17)13-19(23(2,21)22)10-6-15(20)18-11-7-16-8-12-18/h14,16H,3-13H2,1-2H3/t14-/m1/s1. The molecule has 7 nitrogen and oxygen atoms in total. The van der Waals surface area contributed by atoms with Gasteiger partial charge in [0.05, 0.1) is 6.26 Å². The largest absolute Gasteiger partial charge is 0.340 e. The lowest BCUT2D eigenvalue weighted by Gasteiger charge is -2.30. The van der Waals surface area contributed by atoms with Crippen LogP contribution in [0.15, 0.2) is 0 Å². The van der Waals surface area contributed by atoms with Gasteiger partial charge >= 0.3 is 0 Å². The normalized spacial score (nSPS) is 23.6. The van der Waals surface area contributed by atoms with Crippen LogP contribution < -0.4 is 5.32 Å². The minimum atomic E-state index is -3.29. The Balaban J connectivity index is 1.89. The zero-order chi connectivity index (χ0) is 16.9. The smallest absolute Gasteiger partial charge is 0.223 e. The molecule has 1 atom stereocenters. The fourth-order valence-electron chi connectivity index (χ4n) is 3.44. The SMILES string of the molecule is CCN1CCC[C@@H]1CN(CCC(=O)N1CCNCC1)S(C)(=O)=O. The van der Waals surface area contributed by atoms with Gasteiger partial charge in [0.1, 0.15) is 0 Å². The fourth-order valence-corrected chi connectivity index (χ4v) is 4.30. The highest BCUT2D eigenvalue weighted by Crippen LogP contribution is 2.19. The van der Waals surface area contributed by atoms with Gasteiger partial charge in [-0.15, -0.1) is 0 Å². The Morgan fingerprint density at radius 2 is 1.96 bits per heavy atom. The molecule has 134 valence electrons. The van der Waals surface area contributed by atoms with Gasteiger partial charge in [0.15, 0.2) is 0 Å². The quantitative estimate of drug-likeness (QED) is 0.676. The van der Waals surface area contributed by atoms with E-state index in [1.807, 2.05) is 4.90 Å². The highest BCUT2D eigenvalue weighted by Gasteiger charge is 2.29. The summed E-state index contributed by atoms with van der Waals surface area (Å²) in [6, 6.07) is 0.281. The van der Waals surface area contributed by atoms with Crippen LogP contribution in [0.1, 0.15) is 26.2 Å². The monoisotopic (exact) mass is 346 g/mol. The molecule has 1 N–H and O–H groups in total. The van der Waals surface area contributed by atoms with Crippen LogP contribution in [0, 0.1) is 0 Å². The van der Waals surface area contributed by atoms with E-state index < -0.39 is 10.0 Å². The number of piperazine rings is 1. The number of rotatable bonds is 7. The van der Waals surface area contributed by atoms with Crippen molar-refractivity contribution < 1.29 is 13.2 Å². The first-order valence-corrected chi connectivity index (χ1v) is 10.4. The van der Waals surface area contributed by atoms with Crippen molar-refractivity contribution in [2.75, 3.05) is 58.6 Å². The fraction of sp³-hybridized carbons (Fsp3) is 0.933. The van der Waals surface area contributed by atoms with Crippen LogP contribution in [-0.2, 0) is 14.8 Å².